The average molecular weight is 427 g/mol. The molecular formula is C19H20Cl2N2O3S. The highest BCUT2D eigenvalue weighted by Crippen LogP contribution is 2.28. The van der Waals surface area contributed by atoms with Crippen LogP contribution in [0.3, 0.4) is 0 Å². The van der Waals surface area contributed by atoms with Gasteiger partial charge in [-0.3, -0.25) is 9.10 Å². The Morgan fingerprint density at radius 2 is 1.59 bits per heavy atom. The third-order valence-corrected chi connectivity index (χ3v) is 6.03. The molecule has 3 rings (SSSR count). The van der Waals surface area contributed by atoms with Gasteiger partial charge in [-0.1, -0.05) is 35.3 Å². The van der Waals surface area contributed by atoms with Gasteiger partial charge in [-0.25, -0.2) is 8.42 Å². The molecule has 0 aliphatic carbocycles. The van der Waals surface area contributed by atoms with Crippen molar-refractivity contribution in [2.24, 2.45) is 0 Å². The van der Waals surface area contributed by atoms with Crippen molar-refractivity contribution in [3.63, 3.8) is 0 Å². The summed E-state index contributed by atoms with van der Waals surface area (Å²) < 4.78 is 25.8. The predicted octanol–water partition coefficient (Wildman–Crippen LogP) is 4.20. The van der Waals surface area contributed by atoms with Gasteiger partial charge in [0.2, 0.25) is 10.0 Å². The van der Waals surface area contributed by atoms with Gasteiger partial charge in [0.25, 0.3) is 5.91 Å². The quantitative estimate of drug-likeness (QED) is 0.719. The molecule has 2 aromatic rings. The van der Waals surface area contributed by atoms with Gasteiger partial charge in [0.15, 0.2) is 0 Å². The maximum absolute atomic E-state index is 12.4. The molecule has 0 N–H and O–H groups in total. The Hall–Kier alpha value is -1.76. The summed E-state index contributed by atoms with van der Waals surface area (Å²) in [5.41, 5.74) is 1.76. The predicted molar refractivity (Wildman–Crippen MR) is 109 cm³/mol. The summed E-state index contributed by atoms with van der Waals surface area (Å²) in [4.78, 5) is 14.3. The summed E-state index contributed by atoms with van der Waals surface area (Å²) in [7, 11) is -3.55. The molecule has 0 spiro atoms. The standard InChI is InChI=1S/C19H20Cl2N2O3S/c1-27(25,26)23(18-11-16(20)10-17(21)12-18)13-14-4-6-15(7-5-14)19(24)22-8-2-3-9-22/h4-7,10-12H,2-3,8-9,13H2,1H3. The second kappa shape index (κ2) is 8.09. The zero-order valence-corrected chi connectivity index (χ0v) is 17.2. The number of nitrogens with zero attached hydrogens (tertiary/aromatic N) is 2. The molecule has 144 valence electrons. The van der Waals surface area contributed by atoms with E-state index in [0.29, 0.717) is 21.3 Å². The number of carbonyl (C=O) groups is 1. The Morgan fingerprint density at radius 1 is 1.04 bits per heavy atom. The maximum atomic E-state index is 12.4. The van der Waals surface area contributed by atoms with Crippen LogP contribution < -0.4 is 4.31 Å². The van der Waals surface area contributed by atoms with Crippen molar-refractivity contribution in [2.45, 2.75) is 19.4 Å². The first-order chi connectivity index (χ1) is 12.7. The summed E-state index contributed by atoms with van der Waals surface area (Å²) in [6.45, 7) is 1.70. The highest BCUT2D eigenvalue weighted by atomic mass is 35.5. The molecule has 1 aliphatic heterocycles. The highest BCUT2D eigenvalue weighted by molar-refractivity contribution is 7.92. The maximum Gasteiger partial charge on any atom is 0.253 e. The number of carbonyl (C=O) groups excluding carboxylic acids is 1. The van der Waals surface area contributed by atoms with Crippen LogP contribution in [0, 0.1) is 0 Å². The van der Waals surface area contributed by atoms with E-state index >= 15 is 0 Å². The third-order valence-electron chi connectivity index (χ3n) is 4.46. The van der Waals surface area contributed by atoms with Gasteiger partial charge in [-0.2, -0.15) is 0 Å². The van der Waals surface area contributed by atoms with Gasteiger partial charge in [-0.15, -0.1) is 0 Å². The molecule has 1 saturated heterocycles. The lowest BCUT2D eigenvalue weighted by atomic mass is 10.1. The van der Waals surface area contributed by atoms with Crippen molar-refractivity contribution in [2.75, 3.05) is 23.7 Å². The fraction of sp³-hybridized carbons (Fsp3) is 0.316. The normalized spacial score (nSPS) is 14.4. The molecule has 2 aromatic carbocycles. The topological polar surface area (TPSA) is 57.7 Å². The van der Waals surface area contributed by atoms with E-state index in [-0.39, 0.29) is 12.5 Å². The SMILES string of the molecule is CS(=O)(=O)N(Cc1ccc(C(=O)N2CCCC2)cc1)c1cc(Cl)cc(Cl)c1. The van der Waals surface area contributed by atoms with Crippen molar-refractivity contribution in [3.8, 4) is 0 Å². The number of anilines is 1. The van der Waals surface area contributed by atoms with E-state index < -0.39 is 10.0 Å². The molecule has 0 bridgehead atoms. The fourth-order valence-corrected chi connectivity index (χ4v) is 4.49. The van der Waals surface area contributed by atoms with Gasteiger partial charge in [0.05, 0.1) is 18.5 Å². The molecule has 0 radical (unpaired) electrons. The number of likely N-dealkylation sites (tertiary alicyclic amines) is 1. The lowest BCUT2D eigenvalue weighted by Crippen LogP contribution is -2.29. The van der Waals surface area contributed by atoms with Crippen molar-refractivity contribution in [3.05, 3.63) is 63.6 Å². The van der Waals surface area contributed by atoms with E-state index in [1.807, 2.05) is 4.90 Å². The van der Waals surface area contributed by atoms with Crippen LogP contribution in [0.25, 0.3) is 0 Å². The zero-order valence-electron chi connectivity index (χ0n) is 14.9. The Morgan fingerprint density at radius 3 is 2.11 bits per heavy atom. The summed E-state index contributed by atoms with van der Waals surface area (Å²) in [5.74, 6) is 0.0145. The second-order valence-electron chi connectivity index (χ2n) is 6.59. The zero-order chi connectivity index (χ0) is 19.6. The first-order valence-electron chi connectivity index (χ1n) is 8.56. The van der Waals surface area contributed by atoms with Crippen molar-refractivity contribution < 1.29 is 13.2 Å². The fourth-order valence-electron chi connectivity index (χ4n) is 3.10. The molecule has 0 saturated carbocycles. The number of amides is 1. The lowest BCUT2D eigenvalue weighted by Gasteiger charge is -2.23. The Labute approximate surface area is 169 Å². The molecule has 1 fully saturated rings. The highest BCUT2D eigenvalue weighted by Gasteiger charge is 2.21. The van der Waals surface area contributed by atoms with E-state index in [4.69, 9.17) is 23.2 Å². The first kappa shape index (κ1) is 20.0. The Kier molecular flexibility index (Phi) is 5.99. The summed E-state index contributed by atoms with van der Waals surface area (Å²) in [5, 5.41) is 0.718. The van der Waals surface area contributed by atoms with E-state index in [1.165, 1.54) is 4.31 Å². The Balaban J connectivity index is 1.83. The van der Waals surface area contributed by atoms with E-state index in [1.54, 1.807) is 42.5 Å². The molecule has 1 aliphatic rings. The van der Waals surface area contributed by atoms with Crippen molar-refractivity contribution in [1.82, 2.24) is 4.90 Å². The molecule has 27 heavy (non-hydrogen) atoms. The van der Waals surface area contributed by atoms with E-state index in [0.717, 1.165) is 37.8 Å². The molecule has 8 heteroatoms. The molecule has 0 atom stereocenters. The molecule has 5 nitrogen and oxygen atoms in total. The van der Waals surface area contributed by atoms with Gasteiger partial charge >= 0.3 is 0 Å². The summed E-state index contributed by atoms with van der Waals surface area (Å²) in [6, 6.07) is 11.7. The van der Waals surface area contributed by atoms with Crippen LogP contribution in [-0.2, 0) is 16.6 Å². The third kappa shape index (κ3) is 4.94. The molecule has 0 aromatic heterocycles. The minimum Gasteiger partial charge on any atom is -0.339 e. The number of hydrogen-bond acceptors (Lipinski definition) is 3. The van der Waals surface area contributed by atoms with Crippen molar-refractivity contribution >= 4 is 44.8 Å². The van der Waals surface area contributed by atoms with E-state index in [9.17, 15) is 13.2 Å². The lowest BCUT2D eigenvalue weighted by molar-refractivity contribution is 0.0793. The average Bonchev–Trinajstić information content (AvgIpc) is 3.12. The molecule has 0 unspecified atom stereocenters. The summed E-state index contributed by atoms with van der Waals surface area (Å²) in [6.07, 6.45) is 3.21. The smallest absolute Gasteiger partial charge is 0.253 e. The van der Waals surface area contributed by atoms with Gasteiger partial charge in [0, 0.05) is 28.7 Å². The molecular weight excluding hydrogens is 407 g/mol. The number of rotatable bonds is 5. The van der Waals surface area contributed by atoms with Gasteiger partial charge < -0.3 is 4.90 Å². The number of benzene rings is 2. The minimum atomic E-state index is -3.55. The van der Waals surface area contributed by atoms with Crippen LogP contribution in [0.1, 0.15) is 28.8 Å². The summed E-state index contributed by atoms with van der Waals surface area (Å²) >= 11 is 12.0. The van der Waals surface area contributed by atoms with Crippen LogP contribution in [0.2, 0.25) is 10.0 Å². The Bertz CT molecular complexity index is 920. The van der Waals surface area contributed by atoms with Crippen LogP contribution in [0.15, 0.2) is 42.5 Å². The molecule has 1 amide bonds. The van der Waals surface area contributed by atoms with Crippen LogP contribution in [0.5, 0.6) is 0 Å². The monoisotopic (exact) mass is 426 g/mol. The van der Waals surface area contributed by atoms with Crippen LogP contribution in [-0.4, -0.2) is 38.6 Å². The largest absolute Gasteiger partial charge is 0.339 e. The number of sulfonamides is 1. The first-order valence-corrected chi connectivity index (χ1v) is 11.2. The second-order valence-corrected chi connectivity index (χ2v) is 9.37. The molecule has 1 heterocycles. The van der Waals surface area contributed by atoms with Gasteiger partial charge in [0.1, 0.15) is 0 Å². The van der Waals surface area contributed by atoms with E-state index in [2.05, 4.69) is 0 Å². The van der Waals surface area contributed by atoms with Crippen molar-refractivity contribution in [1.29, 1.82) is 0 Å². The number of hydrogen-bond donors (Lipinski definition) is 0. The van der Waals surface area contributed by atoms with Crippen LogP contribution >= 0.6 is 23.2 Å². The van der Waals surface area contributed by atoms with Gasteiger partial charge in [-0.05, 0) is 48.7 Å². The minimum absolute atomic E-state index is 0.0145. The number of halogens is 2. The van der Waals surface area contributed by atoms with Crippen LogP contribution in [0.4, 0.5) is 5.69 Å².